The standard InChI is InChI=1S/C22H21NO2/c24-21-14-19-17(10-6-9-16-7-2-1-3-8-16)13-18-15-22(19,25-21)20-11-4-5-12-23(18)20/h1-3,7-8,13-14,18,20H,4-5,9,11-12,15H2/t18-,20-,22+/m1/s1. The molecule has 2 saturated heterocycles. The molecule has 1 aromatic rings. The van der Waals surface area contributed by atoms with Crippen molar-refractivity contribution in [1.29, 1.82) is 0 Å². The molecule has 3 atom stereocenters. The van der Waals surface area contributed by atoms with Crippen LogP contribution in [0.4, 0.5) is 0 Å². The van der Waals surface area contributed by atoms with Crippen LogP contribution in [0, 0.1) is 11.8 Å². The average molecular weight is 331 g/mol. The third-order valence-electron chi connectivity index (χ3n) is 6.03. The van der Waals surface area contributed by atoms with Crippen LogP contribution in [-0.4, -0.2) is 35.1 Å². The van der Waals surface area contributed by atoms with E-state index < -0.39 is 5.60 Å². The van der Waals surface area contributed by atoms with Crippen molar-refractivity contribution in [2.45, 2.75) is 49.8 Å². The van der Waals surface area contributed by atoms with E-state index in [2.05, 4.69) is 34.9 Å². The van der Waals surface area contributed by atoms with Gasteiger partial charge < -0.3 is 4.74 Å². The fraction of sp³-hybridized carbons (Fsp3) is 0.409. The van der Waals surface area contributed by atoms with Crippen LogP contribution in [0.3, 0.4) is 0 Å². The summed E-state index contributed by atoms with van der Waals surface area (Å²) in [5.74, 6) is 6.46. The van der Waals surface area contributed by atoms with Gasteiger partial charge in [-0.1, -0.05) is 54.7 Å². The van der Waals surface area contributed by atoms with E-state index in [1.807, 2.05) is 18.2 Å². The molecule has 126 valence electrons. The summed E-state index contributed by atoms with van der Waals surface area (Å²) >= 11 is 0. The summed E-state index contributed by atoms with van der Waals surface area (Å²) in [7, 11) is 0. The first kappa shape index (κ1) is 15.0. The lowest BCUT2D eigenvalue weighted by atomic mass is 9.77. The van der Waals surface area contributed by atoms with Gasteiger partial charge in [-0.2, -0.15) is 0 Å². The van der Waals surface area contributed by atoms with Gasteiger partial charge in [0.15, 0.2) is 5.60 Å². The Hall–Kier alpha value is -2.31. The summed E-state index contributed by atoms with van der Waals surface area (Å²) in [6, 6.07) is 11.0. The van der Waals surface area contributed by atoms with E-state index in [-0.39, 0.29) is 5.97 Å². The minimum Gasteiger partial charge on any atom is -0.449 e. The minimum absolute atomic E-state index is 0.196. The van der Waals surface area contributed by atoms with Gasteiger partial charge in [0.1, 0.15) is 0 Å². The Balaban J connectivity index is 1.49. The summed E-state index contributed by atoms with van der Waals surface area (Å²) in [4.78, 5) is 14.7. The second kappa shape index (κ2) is 5.61. The van der Waals surface area contributed by atoms with Crippen molar-refractivity contribution in [3.05, 3.63) is 59.2 Å². The first-order chi connectivity index (χ1) is 12.3. The topological polar surface area (TPSA) is 29.5 Å². The Morgan fingerprint density at radius 1 is 1.24 bits per heavy atom. The van der Waals surface area contributed by atoms with Crippen molar-refractivity contribution < 1.29 is 9.53 Å². The second-order valence-corrected chi connectivity index (χ2v) is 7.43. The second-order valence-electron chi connectivity index (χ2n) is 7.43. The predicted octanol–water partition coefficient (Wildman–Crippen LogP) is 3.02. The molecule has 0 amide bonds. The van der Waals surface area contributed by atoms with Crippen molar-refractivity contribution >= 4 is 5.97 Å². The van der Waals surface area contributed by atoms with Gasteiger partial charge in [0.25, 0.3) is 0 Å². The van der Waals surface area contributed by atoms with Gasteiger partial charge in [-0.25, -0.2) is 4.79 Å². The van der Waals surface area contributed by atoms with Gasteiger partial charge in [-0.3, -0.25) is 4.90 Å². The lowest BCUT2D eigenvalue weighted by molar-refractivity contribution is -0.148. The Morgan fingerprint density at radius 2 is 2.12 bits per heavy atom. The van der Waals surface area contributed by atoms with Gasteiger partial charge in [0.05, 0.1) is 6.04 Å². The molecule has 0 N–H and O–H groups in total. The first-order valence-electron chi connectivity index (χ1n) is 9.22. The molecule has 3 heterocycles. The van der Waals surface area contributed by atoms with Crippen molar-refractivity contribution in [1.82, 2.24) is 4.90 Å². The van der Waals surface area contributed by atoms with E-state index in [1.165, 1.54) is 18.4 Å². The molecule has 4 aliphatic rings. The smallest absolute Gasteiger partial charge is 0.332 e. The zero-order chi connectivity index (χ0) is 16.9. The molecule has 25 heavy (non-hydrogen) atoms. The zero-order valence-corrected chi connectivity index (χ0v) is 14.2. The van der Waals surface area contributed by atoms with Crippen LogP contribution in [0.2, 0.25) is 0 Å². The fourth-order valence-electron chi connectivity index (χ4n) is 5.01. The van der Waals surface area contributed by atoms with Crippen LogP contribution < -0.4 is 0 Å². The Morgan fingerprint density at radius 3 is 3.00 bits per heavy atom. The third kappa shape index (κ3) is 2.28. The monoisotopic (exact) mass is 331 g/mol. The molecule has 1 aliphatic carbocycles. The number of fused-ring (bicyclic) bond motifs is 3. The van der Waals surface area contributed by atoms with Crippen LogP contribution in [0.15, 0.2) is 53.6 Å². The van der Waals surface area contributed by atoms with Crippen molar-refractivity contribution in [2.24, 2.45) is 0 Å². The molecule has 0 unspecified atom stereocenters. The predicted molar refractivity (Wildman–Crippen MR) is 95.7 cm³/mol. The molecule has 2 bridgehead atoms. The van der Waals surface area contributed by atoms with E-state index >= 15 is 0 Å². The minimum atomic E-state index is -0.437. The molecule has 0 saturated carbocycles. The number of carbonyl (C=O) groups is 1. The summed E-state index contributed by atoms with van der Waals surface area (Å²) in [6.45, 7) is 1.10. The number of esters is 1. The van der Waals surface area contributed by atoms with Gasteiger partial charge in [-0.05, 0) is 24.9 Å². The summed E-state index contributed by atoms with van der Waals surface area (Å²) < 4.78 is 5.93. The van der Waals surface area contributed by atoms with Crippen LogP contribution in [0.5, 0.6) is 0 Å². The summed E-state index contributed by atoms with van der Waals surface area (Å²) in [5.41, 5.74) is 2.82. The average Bonchev–Trinajstić information content (AvgIpc) is 3.12. The fourth-order valence-corrected chi connectivity index (χ4v) is 5.01. The van der Waals surface area contributed by atoms with Gasteiger partial charge in [0, 0.05) is 36.1 Å². The normalized spacial score (nSPS) is 32.7. The Bertz CT molecular complexity index is 842. The molecular formula is C22H21NO2. The molecule has 3 nitrogen and oxygen atoms in total. The van der Waals surface area contributed by atoms with Crippen LogP contribution in [0.25, 0.3) is 0 Å². The van der Waals surface area contributed by atoms with Gasteiger partial charge >= 0.3 is 5.97 Å². The number of piperidine rings is 1. The highest BCUT2D eigenvalue weighted by atomic mass is 16.6. The van der Waals surface area contributed by atoms with Gasteiger partial charge in [0.2, 0.25) is 0 Å². The molecular weight excluding hydrogens is 310 g/mol. The molecule has 2 fully saturated rings. The zero-order valence-electron chi connectivity index (χ0n) is 14.2. The lowest BCUT2D eigenvalue weighted by Gasteiger charge is -2.38. The number of rotatable bonds is 1. The highest BCUT2D eigenvalue weighted by Gasteiger charge is 2.61. The number of nitrogens with zero attached hydrogens (tertiary/aromatic N) is 1. The van der Waals surface area contributed by atoms with E-state index in [4.69, 9.17) is 4.74 Å². The van der Waals surface area contributed by atoms with Crippen LogP contribution in [-0.2, 0) is 16.0 Å². The Labute approximate surface area is 148 Å². The third-order valence-corrected chi connectivity index (χ3v) is 6.03. The summed E-state index contributed by atoms with van der Waals surface area (Å²) in [5, 5.41) is 0. The van der Waals surface area contributed by atoms with E-state index in [0.29, 0.717) is 12.1 Å². The maximum absolute atomic E-state index is 12.1. The highest BCUT2D eigenvalue weighted by molar-refractivity contribution is 5.90. The lowest BCUT2D eigenvalue weighted by Crippen LogP contribution is -2.48. The maximum atomic E-state index is 12.1. The quantitative estimate of drug-likeness (QED) is 0.585. The van der Waals surface area contributed by atoms with E-state index in [1.54, 1.807) is 6.08 Å². The summed E-state index contributed by atoms with van der Waals surface area (Å²) in [6.07, 6.45) is 9.16. The number of hydrogen-bond acceptors (Lipinski definition) is 3. The molecule has 0 radical (unpaired) electrons. The largest absolute Gasteiger partial charge is 0.449 e. The highest BCUT2D eigenvalue weighted by Crippen LogP contribution is 2.53. The number of hydrogen-bond donors (Lipinski definition) is 0. The Kier molecular flexibility index (Phi) is 3.36. The maximum Gasteiger partial charge on any atom is 0.332 e. The van der Waals surface area contributed by atoms with Crippen LogP contribution in [0.1, 0.15) is 31.2 Å². The van der Waals surface area contributed by atoms with Crippen molar-refractivity contribution in [2.75, 3.05) is 6.54 Å². The molecule has 0 aromatic heterocycles. The van der Waals surface area contributed by atoms with E-state index in [0.717, 1.165) is 37.0 Å². The number of ether oxygens (including phenoxy) is 1. The molecule has 3 aliphatic heterocycles. The van der Waals surface area contributed by atoms with Gasteiger partial charge in [-0.15, -0.1) is 0 Å². The molecule has 1 aromatic carbocycles. The van der Waals surface area contributed by atoms with E-state index in [9.17, 15) is 4.79 Å². The van der Waals surface area contributed by atoms with Crippen molar-refractivity contribution in [3.8, 4) is 11.8 Å². The van der Waals surface area contributed by atoms with Crippen molar-refractivity contribution in [3.63, 3.8) is 0 Å². The molecule has 3 heteroatoms. The SMILES string of the molecule is O=C1C=C2C(C#CCc3ccccc3)=C[C@@H]3C[C@@]2(O1)[C@H]1CCCCN31. The number of benzene rings is 1. The molecule has 1 spiro atoms. The molecule has 5 rings (SSSR count). The first-order valence-corrected chi connectivity index (χ1v) is 9.22. The number of carbonyl (C=O) groups excluding carboxylic acids is 1. The van der Waals surface area contributed by atoms with Crippen LogP contribution >= 0.6 is 0 Å².